The Morgan fingerprint density at radius 1 is 1.33 bits per heavy atom. The summed E-state index contributed by atoms with van der Waals surface area (Å²) in [6.45, 7) is 4.85. The molecule has 1 rings (SSSR count). The highest BCUT2D eigenvalue weighted by Gasteiger charge is 2.28. The molecule has 1 aliphatic rings. The number of rotatable bonds is 6. The van der Waals surface area contributed by atoms with Crippen LogP contribution >= 0.6 is 11.6 Å². The maximum Gasteiger partial charge on any atom is 0.225 e. The summed E-state index contributed by atoms with van der Waals surface area (Å²) < 4.78 is 0. The van der Waals surface area contributed by atoms with Gasteiger partial charge < -0.3 is 4.90 Å². The lowest BCUT2D eigenvalue weighted by Crippen LogP contribution is -2.37. The molecule has 1 atom stereocenters. The van der Waals surface area contributed by atoms with Gasteiger partial charge in [-0.3, -0.25) is 4.79 Å². The van der Waals surface area contributed by atoms with Crippen LogP contribution in [0, 0.1) is 11.8 Å². The predicted octanol–water partition coefficient (Wildman–Crippen LogP) is 4.07. The second-order valence-corrected chi connectivity index (χ2v) is 6.60. The molecular weight excluding hydrogens is 246 g/mol. The Labute approximate surface area is 117 Å². The molecule has 1 unspecified atom stereocenters. The van der Waals surface area contributed by atoms with Crippen molar-refractivity contribution in [1.82, 2.24) is 4.90 Å². The van der Waals surface area contributed by atoms with Gasteiger partial charge in [0.15, 0.2) is 0 Å². The summed E-state index contributed by atoms with van der Waals surface area (Å²) in [7, 11) is 1.88. The van der Waals surface area contributed by atoms with Crippen LogP contribution < -0.4 is 0 Å². The van der Waals surface area contributed by atoms with Crippen molar-refractivity contribution in [3.05, 3.63) is 0 Å². The first-order valence-electron chi connectivity index (χ1n) is 7.43. The van der Waals surface area contributed by atoms with Crippen LogP contribution in [-0.2, 0) is 4.79 Å². The van der Waals surface area contributed by atoms with Crippen LogP contribution in [0.5, 0.6) is 0 Å². The van der Waals surface area contributed by atoms with Crippen molar-refractivity contribution >= 4 is 17.5 Å². The third kappa shape index (κ3) is 5.17. The van der Waals surface area contributed by atoms with Gasteiger partial charge in [-0.2, -0.15) is 0 Å². The number of halogens is 1. The summed E-state index contributed by atoms with van der Waals surface area (Å²) in [6.07, 6.45) is 8.61. The highest BCUT2D eigenvalue weighted by atomic mass is 35.5. The molecule has 0 N–H and O–H groups in total. The summed E-state index contributed by atoms with van der Waals surface area (Å²) in [5, 5.41) is 0.0415. The van der Waals surface area contributed by atoms with Gasteiger partial charge in [0.25, 0.3) is 0 Å². The molecule has 0 bridgehead atoms. The van der Waals surface area contributed by atoms with Crippen molar-refractivity contribution in [3.63, 3.8) is 0 Å². The van der Waals surface area contributed by atoms with Gasteiger partial charge in [-0.05, 0) is 38.5 Å². The maximum absolute atomic E-state index is 12.2. The number of alkyl halides is 1. The maximum atomic E-state index is 12.2. The second kappa shape index (κ2) is 8.04. The van der Waals surface area contributed by atoms with Crippen LogP contribution in [0.1, 0.15) is 58.8 Å². The molecule has 1 amide bonds. The molecular formula is C15H28ClNO. The molecule has 3 heteroatoms. The number of carbonyl (C=O) groups excluding carboxylic acids is 1. The topological polar surface area (TPSA) is 20.3 Å². The molecule has 106 valence electrons. The van der Waals surface area contributed by atoms with Gasteiger partial charge in [-0.25, -0.2) is 0 Å². The fraction of sp³-hybridized carbons (Fsp3) is 0.933. The largest absolute Gasteiger partial charge is 0.344 e. The van der Waals surface area contributed by atoms with Crippen molar-refractivity contribution in [2.75, 3.05) is 13.6 Å². The van der Waals surface area contributed by atoms with E-state index in [4.69, 9.17) is 11.6 Å². The summed E-state index contributed by atoms with van der Waals surface area (Å²) in [5.41, 5.74) is 0. The molecule has 0 aromatic heterocycles. The van der Waals surface area contributed by atoms with Gasteiger partial charge in [0.1, 0.15) is 0 Å². The first-order valence-corrected chi connectivity index (χ1v) is 7.87. The van der Waals surface area contributed by atoms with E-state index in [1.54, 1.807) is 0 Å². The third-order valence-electron chi connectivity index (χ3n) is 4.06. The average molecular weight is 274 g/mol. The smallest absolute Gasteiger partial charge is 0.225 e. The third-order valence-corrected chi connectivity index (χ3v) is 4.20. The highest BCUT2D eigenvalue weighted by Crippen LogP contribution is 2.32. The number of nitrogens with zero attached hydrogens (tertiary/aromatic N) is 1. The molecule has 0 radical (unpaired) electrons. The van der Waals surface area contributed by atoms with Gasteiger partial charge in [-0.1, -0.05) is 26.2 Å². The van der Waals surface area contributed by atoms with Crippen LogP contribution in [0.15, 0.2) is 0 Å². The Kier molecular flexibility index (Phi) is 7.06. The van der Waals surface area contributed by atoms with Crippen LogP contribution in [0.2, 0.25) is 0 Å². The van der Waals surface area contributed by atoms with E-state index in [1.165, 1.54) is 32.1 Å². The van der Waals surface area contributed by atoms with E-state index in [0.29, 0.717) is 12.5 Å². The zero-order valence-corrected chi connectivity index (χ0v) is 12.9. The number of carbonyl (C=O) groups is 1. The van der Waals surface area contributed by atoms with Crippen LogP contribution in [0.4, 0.5) is 0 Å². The van der Waals surface area contributed by atoms with Gasteiger partial charge in [0, 0.05) is 24.9 Å². The first-order chi connectivity index (χ1) is 8.54. The number of amides is 1. The van der Waals surface area contributed by atoms with E-state index >= 15 is 0 Å². The van der Waals surface area contributed by atoms with Crippen LogP contribution in [-0.4, -0.2) is 29.8 Å². The van der Waals surface area contributed by atoms with E-state index in [-0.39, 0.29) is 11.3 Å². The Morgan fingerprint density at radius 3 is 2.44 bits per heavy atom. The van der Waals surface area contributed by atoms with E-state index in [1.807, 2.05) is 18.9 Å². The lowest BCUT2D eigenvalue weighted by atomic mass is 9.79. The fourth-order valence-corrected chi connectivity index (χ4v) is 3.18. The lowest BCUT2D eigenvalue weighted by molar-refractivity contribution is -0.135. The summed E-state index contributed by atoms with van der Waals surface area (Å²) >= 11 is 5.94. The SMILES string of the molecule is CCCCC1CCC(C(=O)N(C)CC(C)Cl)CC1. The monoisotopic (exact) mass is 273 g/mol. The molecule has 0 heterocycles. The molecule has 0 aliphatic heterocycles. The van der Waals surface area contributed by atoms with Crippen LogP contribution in [0.3, 0.4) is 0 Å². The molecule has 1 aliphatic carbocycles. The minimum atomic E-state index is 0.0415. The molecule has 1 fully saturated rings. The van der Waals surface area contributed by atoms with Gasteiger partial charge in [0.2, 0.25) is 5.91 Å². The number of hydrogen-bond acceptors (Lipinski definition) is 1. The van der Waals surface area contributed by atoms with Gasteiger partial charge >= 0.3 is 0 Å². The summed E-state index contributed by atoms with van der Waals surface area (Å²) in [4.78, 5) is 14.0. The minimum Gasteiger partial charge on any atom is -0.344 e. The number of hydrogen-bond donors (Lipinski definition) is 0. The standard InChI is InChI=1S/C15H28ClNO/c1-4-5-6-13-7-9-14(10-8-13)15(18)17(3)11-12(2)16/h12-14H,4-11H2,1-3H3. The van der Waals surface area contributed by atoms with Crippen molar-refractivity contribution in [2.45, 2.75) is 64.2 Å². The average Bonchev–Trinajstić information content (AvgIpc) is 2.35. The Hall–Kier alpha value is -0.240. The van der Waals surface area contributed by atoms with Crippen molar-refractivity contribution in [1.29, 1.82) is 0 Å². The minimum absolute atomic E-state index is 0.0415. The van der Waals surface area contributed by atoms with E-state index in [9.17, 15) is 4.79 Å². The highest BCUT2D eigenvalue weighted by molar-refractivity contribution is 6.20. The zero-order chi connectivity index (χ0) is 13.5. The van der Waals surface area contributed by atoms with E-state index in [2.05, 4.69) is 6.92 Å². The molecule has 0 saturated heterocycles. The van der Waals surface area contributed by atoms with E-state index < -0.39 is 0 Å². The zero-order valence-electron chi connectivity index (χ0n) is 12.1. The second-order valence-electron chi connectivity index (χ2n) is 5.86. The molecule has 0 aromatic carbocycles. The summed E-state index contributed by atoms with van der Waals surface area (Å²) in [5.74, 6) is 1.42. The normalized spacial score (nSPS) is 25.8. The molecule has 2 nitrogen and oxygen atoms in total. The van der Waals surface area contributed by atoms with Gasteiger partial charge in [-0.15, -0.1) is 11.6 Å². The summed E-state index contributed by atoms with van der Waals surface area (Å²) in [6, 6.07) is 0. The Morgan fingerprint density at radius 2 is 1.94 bits per heavy atom. The van der Waals surface area contributed by atoms with Gasteiger partial charge in [0.05, 0.1) is 0 Å². The quantitative estimate of drug-likeness (QED) is 0.668. The van der Waals surface area contributed by atoms with Crippen molar-refractivity contribution in [3.8, 4) is 0 Å². The van der Waals surface area contributed by atoms with Crippen LogP contribution in [0.25, 0.3) is 0 Å². The first kappa shape index (κ1) is 15.8. The fourth-order valence-electron chi connectivity index (χ4n) is 2.97. The van der Waals surface area contributed by atoms with E-state index in [0.717, 1.165) is 18.8 Å². The molecule has 0 spiro atoms. The lowest BCUT2D eigenvalue weighted by Gasteiger charge is -2.31. The van der Waals surface area contributed by atoms with Crippen molar-refractivity contribution < 1.29 is 4.79 Å². The Bertz CT molecular complexity index is 247. The predicted molar refractivity (Wildman–Crippen MR) is 77.9 cm³/mol. The Balaban J connectivity index is 2.31. The van der Waals surface area contributed by atoms with Crippen molar-refractivity contribution in [2.24, 2.45) is 11.8 Å². The molecule has 0 aromatic rings. The number of unbranched alkanes of at least 4 members (excludes halogenated alkanes) is 1. The molecule has 18 heavy (non-hydrogen) atoms. The molecule has 1 saturated carbocycles.